The Morgan fingerprint density at radius 2 is 0.962 bits per heavy atom. The summed E-state index contributed by atoms with van der Waals surface area (Å²) in [6.45, 7) is 5.77. The van der Waals surface area contributed by atoms with Crippen molar-refractivity contribution < 1.29 is 10.0 Å². The average molecular weight is 371 g/mol. The van der Waals surface area contributed by atoms with Crippen molar-refractivity contribution in [2.45, 2.75) is 123 Å². The Morgan fingerprint density at radius 3 is 1.19 bits per heavy atom. The highest BCUT2D eigenvalue weighted by Gasteiger charge is 1.94. The van der Waals surface area contributed by atoms with Crippen LogP contribution in [0.4, 0.5) is 0 Å². The lowest BCUT2D eigenvalue weighted by Gasteiger charge is -2.06. The van der Waals surface area contributed by atoms with Crippen LogP contribution in [0, 0.1) is 5.41 Å². The van der Waals surface area contributed by atoms with Crippen molar-refractivity contribution in [1.29, 1.82) is 5.41 Å². The fourth-order valence-electron chi connectivity index (χ4n) is 3.16. The molecule has 158 valence electrons. The largest absolute Gasteiger partial charge is 0.862 e. The fourth-order valence-corrected chi connectivity index (χ4v) is 3.16. The van der Waals surface area contributed by atoms with E-state index in [0.29, 0.717) is 6.42 Å². The molecule has 0 unspecified atom stereocenters. The van der Waals surface area contributed by atoms with E-state index in [1.165, 1.54) is 101 Å². The molecule has 0 rings (SSSR count). The van der Waals surface area contributed by atoms with Gasteiger partial charge in [-0.3, -0.25) is 0 Å². The van der Waals surface area contributed by atoms with Crippen molar-refractivity contribution >= 4 is 5.90 Å². The quantitative estimate of drug-likeness (QED) is 0.196. The van der Waals surface area contributed by atoms with Crippen LogP contribution in [0.25, 0.3) is 0 Å². The highest BCUT2D eigenvalue weighted by molar-refractivity contribution is 5.67. The van der Waals surface area contributed by atoms with Gasteiger partial charge in [-0.15, -0.1) is 0 Å². The normalized spacial score (nSPS) is 10.7. The zero-order valence-electron chi connectivity index (χ0n) is 18.6. The van der Waals surface area contributed by atoms with Gasteiger partial charge in [0, 0.05) is 0 Å². The van der Waals surface area contributed by atoms with Crippen LogP contribution in [0.15, 0.2) is 0 Å². The summed E-state index contributed by atoms with van der Waals surface area (Å²) >= 11 is 0. The van der Waals surface area contributed by atoms with Crippen molar-refractivity contribution in [2.24, 2.45) is 0 Å². The van der Waals surface area contributed by atoms with Crippen LogP contribution in [0.3, 0.4) is 0 Å². The summed E-state index contributed by atoms with van der Waals surface area (Å²) in [4.78, 5) is 1.54. The number of nitrogens with one attached hydrogen (secondary N) is 2. The van der Waals surface area contributed by atoms with E-state index in [4.69, 9.17) is 5.41 Å². The molecule has 0 aromatic carbocycles. The van der Waals surface area contributed by atoms with Gasteiger partial charge in [0.15, 0.2) is 0 Å². The fraction of sp³-hybridized carbons (Fsp3) is 0.957. The van der Waals surface area contributed by atoms with Gasteiger partial charge in [-0.1, -0.05) is 104 Å². The molecular formula is C23H50N2O. The second kappa shape index (κ2) is 24.4. The first-order valence-electron chi connectivity index (χ1n) is 11.6. The van der Waals surface area contributed by atoms with E-state index in [0.717, 1.165) is 12.8 Å². The Kier molecular flexibility index (Phi) is 26.0. The lowest BCUT2D eigenvalue weighted by atomic mass is 10.0. The lowest BCUT2D eigenvalue weighted by molar-refractivity contribution is -0.858. The van der Waals surface area contributed by atoms with Crippen LogP contribution < -0.4 is 10.0 Å². The summed E-state index contributed by atoms with van der Waals surface area (Å²) in [7, 11) is 4.34. The van der Waals surface area contributed by atoms with E-state index in [2.05, 4.69) is 27.9 Å². The zero-order chi connectivity index (χ0) is 19.9. The monoisotopic (exact) mass is 370 g/mol. The maximum Gasteiger partial charge on any atom is 0.0764 e. The summed E-state index contributed by atoms with van der Waals surface area (Å²) < 4.78 is 0. The molecule has 0 spiro atoms. The van der Waals surface area contributed by atoms with E-state index in [1.54, 1.807) is 0 Å². The van der Waals surface area contributed by atoms with Gasteiger partial charge >= 0.3 is 0 Å². The summed E-state index contributed by atoms with van der Waals surface area (Å²) in [5.74, 6) is -0.403. The number of hydrogen-bond acceptors (Lipinski definition) is 2. The smallest absolute Gasteiger partial charge is 0.0764 e. The zero-order valence-corrected chi connectivity index (χ0v) is 18.6. The molecule has 2 N–H and O–H groups in total. The Balaban J connectivity index is 0. The van der Waals surface area contributed by atoms with Crippen molar-refractivity contribution in [3.8, 4) is 0 Å². The second-order valence-electron chi connectivity index (χ2n) is 8.08. The van der Waals surface area contributed by atoms with E-state index in [1.807, 2.05) is 0 Å². The number of quaternary nitrogens is 1. The molecular weight excluding hydrogens is 320 g/mol. The standard InChI is InChI=1S/C18H37NO.C5H13N/c1-2-3-4-5-6-7-8-9-10-11-12-13-14-15-16-17-18(19)20;1-4-5-6(2)3/h2-17H2,1H3,(H2,19,20);4-5H2,1-3H3. The Hall–Kier alpha value is -0.570. The minimum atomic E-state index is -0.403. The molecule has 0 bridgehead atoms. The van der Waals surface area contributed by atoms with Crippen molar-refractivity contribution in [1.82, 2.24) is 0 Å². The summed E-state index contributed by atoms with van der Waals surface area (Å²) in [6.07, 6.45) is 21.8. The molecule has 0 atom stereocenters. The first kappa shape index (κ1) is 27.6. The molecule has 0 saturated carbocycles. The van der Waals surface area contributed by atoms with Crippen molar-refractivity contribution in [2.75, 3.05) is 20.6 Å². The van der Waals surface area contributed by atoms with Crippen LogP contribution >= 0.6 is 0 Å². The molecule has 0 saturated heterocycles. The second-order valence-corrected chi connectivity index (χ2v) is 8.08. The molecule has 0 heterocycles. The van der Waals surface area contributed by atoms with Crippen LogP contribution in [-0.2, 0) is 0 Å². The van der Waals surface area contributed by atoms with Crippen molar-refractivity contribution in [3.05, 3.63) is 0 Å². The van der Waals surface area contributed by atoms with Gasteiger partial charge in [0.25, 0.3) is 0 Å². The third-order valence-electron chi connectivity index (χ3n) is 4.76. The average Bonchev–Trinajstić information content (AvgIpc) is 2.58. The molecule has 26 heavy (non-hydrogen) atoms. The highest BCUT2D eigenvalue weighted by atomic mass is 16.3. The molecule has 0 aliphatic carbocycles. The highest BCUT2D eigenvalue weighted by Crippen LogP contribution is 2.13. The molecule has 0 aromatic rings. The molecule has 0 aliphatic rings. The lowest BCUT2D eigenvalue weighted by Crippen LogP contribution is -3.05. The molecule has 3 nitrogen and oxygen atoms in total. The van der Waals surface area contributed by atoms with Gasteiger partial charge in [0.1, 0.15) is 0 Å². The van der Waals surface area contributed by atoms with Crippen LogP contribution in [0.2, 0.25) is 0 Å². The Morgan fingerprint density at radius 1 is 0.615 bits per heavy atom. The number of hydrogen-bond donors (Lipinski definition) is 2. The molecule has 0 aromatic heterocycles. The van der Waals surface area contributed by atoms with Gasteiger partial charge in [-0.25, -0.2) is 0 Å². The minimum Gasteiger partial charge on any atom is -0.862 e. The number of rotatable bonds is 18. The Bertz CT molecular complexity index is 267. The maximum absolute atomic E-state index is 10.4. The van der Waals surface area contributed by atoms with Crippen LogP contribution in [0.1, 0.15) is 123 Å². The van der Waals surface area contributed by atoms with E-state index in [9.17, 15) is 5.11 Å². The van der Waals surface area contributed by atoms with Crippen LogP contribution in [-0.4, -0.2) is 26.5 Å². The predicted molar refractivity (Wildman–Crippen MR) is 115 cm³/mol. The first-order chi connectivity index (χ1) is 12.5. The van der Waals surface area contributed by atoms with Gasteiger partial charge in [-0.2, -0.15) is 0 Å². The topological polar surface area (TPSA) is 51.3 Å². The Labute approximate surface area is 165 Å². The molecule has 0 fully saturated rings. The molecule has 0 amide bonds. The van der Waals surface area contributed by atoms with Crippen molar-refractivity contribution in [3.63, 3.8) is 0 Å². The van der Waals surface area contributed by atoms with Gasteiger partial charge in [-0.05, 0) is 25.2 Å². The van der Waals surface area contributed by atoms with E-state index in [-0.39, 0.29) is 0 Å². The third-order valence-corrected chi connectivity index (χ3v) is 4.76. The van der Waals surface area contributed by atoms with E-state index >= 15 is 0 Å². The molecule has 0 aliphatic heterocycles. The predicted octanol–water partition coefficient (Wildman–Crippen LogP) is 5.13. The minimum absolute atomic E-state index is 0.403. The van der Waals surface area contributed by atoms with Gasteiger partial charge in [0.05, 0.1) is 20.6 Å². The SMILES string of the molecule is CCCCCCCCCCCCCCCCCC(=N)[O-].CCC[NH+](C)C. The summed E-state index contributed by atoms with van der Waals surface area (Å²) in [5, 5.41) is 17.3. The molecule has 0 radical (unpaired) electrons. The molecule has 3 heteroatoms. The van der Waals surface area contributed by atoms with E-state index < -0.39 is 5.90 Å². The van der Waals surface area contributed by atoms with Gasteiger partial charge < -0.3 is 15.4 Å². The first-order valence-corrected chi connectivity index (χ1v) is 11.6. The summed E-state index contributed by atoms with van der Waals surface area (Å²) in [5.41, 5.74) is 0. The number of unbranched alkanes of at least 4 members (excludes halogenated alkanes) is 14. The third kappa shape index (κ3) is 31.2. The van der Waals surface area contributed by atoms with Crippen LogP contribution in [0.5, 0.6) is 0 Å². The van der Waals surface area contributed by atoms with Gasteiger partial charge in [0.2, 0.25) is 0 Å². The maximum atomic E-state index is 10.4. The summed E-state index contributed by atoms with van der Waals surface area (Å²) in [6, 6.07) is 0.